The van der Waals surface area contributed by atoms with Crippen molar-refractivity contribution in [2.24, 2.45) is 10.8 Å². The molecule has 0 bridgehead atoms. The zero-order valence-corrected chi connectivity index (χ0v) is 11.5. The SMILES string of the molecule is CC1(C)CCC2(CC1)NCC1(CCCC1)CO2. The number of hydrogen-bond donors (Lipinski definition) is 1. The molecule has 0 radical (unpaired) electrons. The van der Waals surface area contributed by atoms with E-state index in [0.717, 1.165) is 6.61 Å². The average molecular weight is 237 g/mol. The summed E-state index contributed by atoms with van der Waals surface area (Å²) < 4.78 is 6.33. The molecule has 0 amide bonds. The first kappa shape index (κ1) is 12.0. The molecule has 0 aromatic carbocycles. The molecular formula is C15H27NO. The van der Waals surface area contributed by atoms with Crippen molar-refractivity contribution in [2.75, 3.05) is 13.2 Å². The molecule has 2 aliphatic carbocycles. The Labute approximate surface area is 105 Å². The summed E-state index contributed by atoms with van der Waals surface area (Å²) in [5.74, 6) is 0. The molecule has 3 rings (SSSR count). The van der Waals surface area contributed by atoms with Crippen LogP contribution < -0.4 is 5.32 Å². The van der Waals surface area contributed by atoms with Gasteiger partial charge >= 0.3 is 0 Å². The Morgan fingerprint density at radius 2 is 1.53 bits per heavy atom. The van der Waals surface area contributed by atoms with Gasteiger partial charge in [-0.15, -0.1) is 0 Å². The smallest absolute Gasteiger partial charge is 0.119 e. The van der Waals surface area contributed by atoms with Gasteiger partial charge in [0.1, 0.15) is 5.72 Å². The van der Waals surface area contributed by atoms with E-state index in [1.807, 2.05) is 0 Å². The van der Waals surface area contributed by atoms with Gasteiger partial charge in [0.15, 0.2) is 0 Å². The number of rotatable bonds is 0. The molecule has 0 aromatic heterocycles. The van der Waals surface area contributed by atoms with Crippen LogP contribution >= 0.6 is 0 Å². The van der Waals surface area contributed by atoms with Crippen molar-refractivity contribution in [1.82, 2.24) is 5.32 Å². The fraction of sp³-hybridized carbons (Fsp3) is 1.00. The third kappa shape index (κ3) is 2.26. The highest BCUT2D eigenvalue weighted by Crippen LogP contribution is 2.46. The Balaban J connectivity index is 1.61. The Bertz CT molecular complexity index is 269. The standard InChI is InChI=1S/C15H27NO/c1-13(2)7-9-15(10-8-13)16-11-14(12-17-15)5-3-4-6-14/h16H,3-12H2,1-2H3. The lowest BCUT2D eigenvalue weighted by Crippen LogP contribution is -2.60. The van der Waals surface area contributed by atoms with Gasteiger partial charge in [-0.05, 0) is 43.9 Å². The summed E-state index contributed by atoms with van der Waals surface area (Å²) in [4.78, 5) is 0. The number of nitrogens with one attached hydrogen (secondary N) is 1. The van der Waals surface area contributed by atoms with Gasteiger partial charge in [0.2, 0.25) is 0 Å². The van der Waals surface area contributed by atoms with Gasteiger partial charge in [-0.1, -0.05) is 26.7 Å². The van der Waals surface area contributed by atoms with Crippen molar-refractivity contribution in [2.45, 2.75) is 70.9 Å². The van der Waals surface area contributed by atoms with Crippen LogP contribution in [0.15, 0.2) is 0 Å². The summed E-state index contributed by atoms with van der Waals surface area (Å²) in [6, 6.07) is 0. The minimum Gasteiger partial charge on any atom is -0.360 e. The van der Waals surface area contributed by atoms with Crippen LogP contribution in [0.25, 0.3) is 0 Å². The van der Waals surface area contributed by atoms with Crippen LogP contribution in [0.1, 0.15) is 65.2 Å². The van der Waals surface area contributed by atoms with Crippen LogP contribution in [0.5, 0.6) is 0 Å². The largest absolute Gasteiger partial charge is 0.360 e. The molecule has 1 heterocycles. The van der Waals surface area contributed by atoms with Crippen LogP contribution in [0.4, 0.5) is 0 Å². The third-order valence-corrected chi connectivity index (χ3v) is 5.52. The molecule has 2 spiro atoms. The van der Waals surface area contributed by atoms with Gasteiger partial charge < -0.3 is 4.74 Å². The quantitative estimate of drug-likeness (QED) is 0.696. The first-order chi connectivity index (χ1) is 8.04. The maximum Gasteiger partial charge on any atom is 0.119 e. The summed E-state index contributed by atoms with van der Waals surface area (Å²) >= 11 is 0. The van der Waals surface area contributed by atoms with Crippen molar-refractivity contribution in [3.63, 3.8) is 0 Å². The molecule has 2 nitrogen and oxygen atoms in total. The molecular weight excluding hydrogens is 210 g/mol. The van der Waals surface area contributed by atoms with E-state index >= 15 is 0 Å². The molecule has 98 valence electrons. The lowest BCUT2D eigenvalue weighted by atomic mass is 9.72. The first-order valence-electron chi connectivity index (χ1n) is 7.42. The Morgan fingerprint density at radius 1 is 0.882 bits per heavy atom. The second-order valence-electron chi connectivity index (χ2n) is 7.51. The van der Waals surface area contributed by atoms with Gasteiger partial charge in [-0.3, -0.25) is 5.32 Å². The van der Waals surface area contributed by atoms with Crippen molar-refractivity contribution in [3.8, 4) is 0 Å². The van der Waals surface area contributed by atoms with E-state index in [0.29, 0.717) is 10.8 Å². The lowest BCUT2D eigenvalue weighted by Gasteiger charge is -2.50. The molecule has 0 atom stereocenters. The predicted octanol–water partition coefficient (Wildman–Crippen LogP) is 3.46. The predicted molar refractivity (Wildman–Crippen MR) is 69.8 cm³/mol. The molecule has 17 heavy (non-hydrogen) atoms. The molecule has 2 heteroatoms. The van der Waals surface area contributed by atoms with E-state index in [-0.39, 0.29) is 5.72 Å². The normalized spacial score (nSPS) is 34.2. The highest BCUT2D eigenvalue weighted by atomic mass is 16.5. The summed E-state index contributed by atoms with van der Waals surface area (Å²) in [5, 5.41) is 3.78. The van der Waals surface area contributed by atoms with Gasteiger partial charge in [-0.2, -0.15) is 0 Å². The maximum atomic E-state index is 6.33. The second-order valence-corrected chi connectivity index (χ2v) is 7.51. The molecule has 2 saturated carbocycles. The minimum absolute atomic E-state index is 0.0450. The summed E-state index contributed by atoms with van der Waals surface area (Å²) in [7, 11) is 0. The van der Waals surface area contributed by atoms with Gasteiger partial charge in [-0.25, -0.2) is 0 Å². The Kier molecular flexibility index (Phi) is 2.79. The van der Waals surface area contributed by atoms with Crippen LogP contribution in [0.2, 0.25) is 0 Å². The molecule has 0 aromatic rings. The molecule has 1 aliphatic heterocycles. The van der Waals surface area contributed by atoms with E-state index < -0.39 is 0 Å². The van der Waals surface area contributed by atoms with Crippen LogP contribution in [-0.2, 0) is 4.74 Å². The van der Waals surface area contributed by atoms with E-state index in [1.165, 1.54) is 57.9 Å². The molecule has 1 N–H and O–H groups in total. The Hall–Kier alpha value is -0.0800. The highest BCUT2D eigenvalue weighted by molar-refractivity contribution is 4.97. The van der Waals surface area contributed by atoms with Crippen LogP contribution in [0.3, 0.4) is 0 Å². The fourth-order valence-electron chi connectivity index (χ4n) is 3.84. The van der Waals surface area contributed by atoms with E-state index in [1.54, 1.807) is 0 Å². The lowest BCUT2D eigenvalue weighted by molar-refractivity contribution is -0.169. The van der Waals surface area contributed by atoms with Crippen LogP contribution in [-0.4, -0.2) is 18.9 Å². The second kappa shape index (κ2) is 3.96. The zero-order valence-electron chi connectivity index (χ0n) is 11.5. The fourth-order valence-corrected chi connectivity index (χ4v) is 3.84. The summed E-state index contributed by atoms with van der Waals surface area (Å²) in [6.45, 7) is 7.00. The van der Waals surface area contributed by atoms with Gasteiger partial charge in [0.25, 0.3) is 0 Å². The molecule has 0 unspecified atom stereocenters. The summed E-state index contributed by atoms with van der Waals surface area (Å²) in [6.07, 6.45) is 10.6. The number of ether oxygens (including phenoxy) is 1. The van der Waals surface area contributed by atoms with Gasteiger partial charge in [0, 0.05) is 12.0 Å². The third-order valence-electron chi connectivity index (χ3n) is 5.52. The zero-order chi connectivity index (χ0) is 12.0. The molecule has 1 saturated heterocycles. The van der Waals surface area contributed by atoms with Crippen molar-refractivity contribution >= 4 is 0 Å². The Morgan fingerprint density at radius 3 is 2.06 bits per heavy atom. The van der Waals surface area contributed by atoms with E-state index in [9.17, 15) is 0 Å². The highest BCUT2D eigenvalue weighted by Gasteiger charge is 2.46. The average Bonchev–Trinajstić information content (AvgIpc) is 2.76. The molecule has 3 aliphatic rings. The van der Waals surface area contributed by atoms with Crippen molar-refractivity contribution in [3.05, 3.63) is 0 Å². The topological polar surface area (TPSA) is 21.3 Å². The first-order valence-corrected chi connectivity index (χ1v) is 7.42. The minimum atomic E-state index is 0.0450. The van der Waals surface area contributed by atoms with E-state index in [4.69, 9.17) is 4.74 Å². The monoisotopic (exact) mass is 237 g/mol. The van der Waals surface area contributed by atoms with Crippen molar-refractivity contribution < 1.29 is 4.74 Å². The number of hydrogen-bond acceptors (Lipinski definition) is 2. The van der Waals surface area contributed by atoms with Crippen LogP contribution in [0, 0.1) is 10.8 Å². The van der Waals surface area contributed by atoms with E-state index in [2.05, 4.69) is 19.2 Å². The molecule has 3 fully saturated rings. The van der Waals surface area contributed by atoms with Gasteiger partial charge in [0.05, 0.1) is 6.61 Å². The summed E-state index contributed by atoms with van der Waals surface area (Å²) in [5.41, 5.74) is 1.07. The van der Waals surface area contributed by atoms with Crippen molar-refractivity contribution in [1.29, 1.82) is 0 Å². The maximum absolute atomic E-state index is 6.33.